The quantitative estimate of drug-likeness (QED) is 0.103. The fraction of sp³-hybridized carbons (Fsp3) is 0.333. The zero-order valence-corrected chi connectivity index (χ0v) is 40.4. The number of aryl methyl sites for hydroxylation is 6. The molecule has 6 aromatic rings. The fourth-order valence-corrected chi connectivity index (χ4v) is 3.56. The third-order valence-corrected chi connectivity index (χ3v) is 6.26. The van der Waals surface area contributed by atoms with Gasteiger partial charge in [0, 0.05) is 42.7 Å². The van der Waals surface area contributed by atoms with Gasteiger partial charge in [-0.2, -0.15) is 0 Å². The van der Waals surface area contributed by atoms with E-state index >= 15 is 0 Å². The first kappa shape index (κ1) is 72.7. The van der Waals surface area contributed by atoms with Gasteiger partial charge in [0.1, 0.15) is 0 Å². The summed E-state index contributed by atoms with van der Waals surface area (Å²) in [7, 11) is 6.00. The smallest absolute Gasteiger partial charge is 0.0319 e. The molecule has 0 atom stereocenters. The van der Waals surface area contributed by atoms with Gasteiger partial charge in [0.25, 0.3) is 0 Å². The summed E-state index contributed by atoms with van der Waals surface area (Å²) in [6.45, 7) is 20.7. The van der Waals surface area contributed by atoms with Crippen molar-refractivity contribution in [3.05, 3.63) is 215 Å². The van der Waals surface area contributed by atoms with Crippen LogP contribution in [0, 0.1) is 27.7 Å². The largest absolute Gasteiger partial charge is 0.400 e. The average Bonchev–Trinajstić information content (AvgIpc) is 3.36. The van der Waals surface area contributed by atoms with Gasteiger partial charge < -0.3 is 30.6 Å². The molecule has 0 amide bonds. The third kappa shape index (κ3) is 65.0. The lowest BCUT2D eigenvalue weighted by atomic mass is 10.2. The normalized spacial score (nSPS) is 7.30. The van der Waals surface area contributed by atoms with Gasteiger partial charge in [0.05, 0.1) is 0 Å². The van der Waals surface area contributed by atoms with Crippen LogP contribution in [-0.4, -0.2) is 73.3 Å². The first-order valence-corrected chi connectivity index (χ1v) is 20.3. The Labute approximate surface area is 369 Å². The lowest BCUT2D eigenvalue weighted by molar-refractivity contribution is 0.399. The molecule has 0 heterocycles. The second-order valence-electron chi connectivity index (χ2n) is 10.3. The lowest BCUT2D eigenvalue weighted by Crippen LogP contribution is -1.73. The number of hydrogen-bond acceptors (Lipinski definition) is 6. The highest BCUT2D eigenvalue weighted by Crippen LogP contribution is 1.98. The van der Waals surface area contributed by atoms with E-state index in [2.05, 4.69) is 139 Å². The summed E-state index contributed by atoms with van der Waals surface area (Å²) in [6.07, 6.45) is 2.28. The molecule has 0 spiro atoms. The predicted molar refractivity (Wildman–Crippen MR) is 268 cm³/mol. The van der Waals surface area contributed by atoms with E-state index < -0.39 is 0 Å². The van der Waals surface area contributed by atoms with Crippen LogP contribution in [0.1, 0.15) is 74.9 Å². The molecule has 0 saturated heterocycles. The third-order valence-electron chi connectivity index (χ3n) is 6.26. The van der Waals surface area contributed by atoms with E-state index in [0.717, 1.165) is 55.5 Å². The van der Waals surface area contributed by atoms with Crippen LogP contribution >= 0.6 is 0 Å². The van der Waals surface area contributed by atoms with Crippen LogP contribution < -0.4 is 0 Å². The molecular weight excluding hydrogens is 745 g/mol. The summed E-state index contributed by atoms with van der Waals surface area (Å²) >= 11 is 0. The van der Waals surface area contributed by atoms with Crippen molar-refractivity contribution in [1.29, 1.82) is 0 Å². The topological polar surface area (TPSA) is 121 Å². The van der Waals surface area contributed by atoms with E-state index in [1.165, 1.54) is 33.4 Å². The van der Waals surface area contributed by atoms with Crippen LogP contribution in [0.4, 0.5) is 0 Å². The average molecular weight is 833 g/mol. The first-order chi connectivity index (χ1) is 29.4. The number of hydrogen-bond donors (Lipinski definition) is 6. The Kier molecular flexibility index (Phi) is 90.8. The van der Waals surface area contributed by atoms with Gasteiger partial charge in [0.2, 0.25) is 0 Å². The lowest BCUT2D eigenvalue weighted by Gasteiger charge is -1.89. The Morgan fingerprint density at radius 2 is 0.350 bits per heavy atom. The van der Waals surface area contributed by atoms with Crippen molar-refractivity contribution in [2.45, 2.75) is 82.1 Å². The molecule has 6 aromatic carbocycles. The van der Waals surface area contributed by atoms with E-state index in [9.17, 15) is 0 Å². The van der Waals surface area contributed by atoms with Crippen molar-refractivity contribution in [3.8, 4) is 0 Å². The van der Waals surface area contributed by atoms with Gasteiger partial charge in [-0.25, -0.2) is 0 Å². The standard InChI is InChI=1S/2C8H10.4C7H8.2C2H6.6CH4O/c2*1-2-8-6-4-3-5-7-8;4*1-7-5-3-2-4-6-7;8*1-2/h2*3-7H,2H2,1H3;4*2-6H,1H3;2*1-2H3;6*2H,1H3. The number of aliphatic hydroxyl groups is 6. The van der Waals surface area contributed by atoms with E-state index in [4.69, 9.17) is 30.6 Å². The zero-order chi connectivity index (χ0) is 48.1. The monoisotopic (exact) mass is 833 g/mol. The molecular formula is C54H88O6. The van der Waals surface area contributed by atoms with E-state index in [1.807, 2.05) is 113 Å². The van der Waals surface area contributed by atoms with Crippen molar-refractivity contribution < 1.29 is 30.6 Å². The van der Waals surface area contributed by atoms with Crippen LogP contribution in [0.5, 0.6) is 0 Å². The van der Waals surface area contributed by atoms with E-state index in [1.54, 1.807) is 0 Å². The predicted octanol–water partition coefficient (Wildman–Crippen LogP) is 12.2. The molecule has 6 heteroatoms. The maximum absolute atomic E-state index is 7.00. The summed E-state index contributed by atoms with van der Waals surface area (Å²) in [4.78, 5) is 0. The minimum atomic E-state index is 1.00. The molecule has 60 heavy (non-hydrogen) atoms. The summed E-state index contributed by atoms with van der Waals surface area (Å²) in [6, 6.07) is 62.0. The Bertz CT molecular complexity index is 1230. The summed E-state index contributed by atoms with van der Waals surface area (Å²) in [5.41, 5.74) is 8.11. The molecule has 0 bridgehead atoms. The molecule has 0 aliphatic rings. The minimum Gasteiger partial charge on any atom is -0.400 e. The highest BCUT2D eigenvalue weighted by Gasteiger charge is 1.81. The molecule has 0 aliphatic heterocycles. The molecule has 0 saturated carbocycles. The van der Waals surface area contributed by atoms with Gasteiger partial charge in [-0.3, -0.25) is 0 Å². The Morgan fingerprint density at radius 3 is 0.417 bits per heavy atom. The van der Waals surface area contributed by atoms with Gasteiger partial charge >= 0.3 is 0 Å². The second kappa shape index (κ2) is 75.0. The van der Waals surface area contributed by atoms with E-state index in [-0.39, 0.29) is 0 Å². The van der Waals surface area contributed by atoms with Gasteiger partial charge in [0.15, 0.2) is 0 Å². The van der Waals surface area contributed by atoms with Crippen LogP contribution in [0.3, 0.4) is 0 Å². The number of aliphatic hydroxyl groups excluding tert-OH is 6. The van der Waals surface area contributed by atoms with Crippen molar-refractivity contribution in [3.63, 3.8) is 0 Å². The van der Waals surface area contributed by atoms with Crippen molar-refractivity contribution in [1.82, 2.24) is 0 Å². The molecule has 0 fully saturated rings. The SMILES string of the molecule is CC.CC.CCc1ccccc1.CCc1ccccc1.CO.CO.CO.CO.CO.CO.Cc1ccccc1.Cc1ccccc1.Cc1ccccc1.Cc1ccccc1. The molecule has 0 unspecified atom stereocenters. The fourth-order valence-electron chi connectivity index (χ4n) is 3.56. The minimum absolute atomic E-state index is 1.00. The summed E-state index contributed by atoms with van der Waals surface area (Å²) < 4.78 is 0. The first-order valence-electron chi connectivity index (χ1n) is 20.3. The van der Waals surface area contributed by atoms with Crippen LogP contribution in [0.2, 0.25) is 0 Å². The van der Waals surface area contributed by atoms with Gasteiger partial charge in [-0.1, -0.05) is 246 Å². The molecule has 6 nitrogen and oxygen atoms in total. The second-order valence-corrected chi connectivity index (χ2v) is 10.3. The summed E-state index contributed by atoms with van der Waals surface area (Å²) in [5, 5.41) is 42.0. The number of benzene rings is 6. The van der Waals surface area contributed by atoms with Crippen molar-refractivity contribution in [2.75, 3.05) is 42.7 Å². The molecule has 340 valence electrons. The Balaban J connectivity index is -0.0000000844. The molecule has 0 radical (unpaired) electrons. The van der Waals surface area contributed by atoms with Gasteiger partial charge in [-0.15, -0.1) is 0 Å². The molecule has 6 rings (SSSR count). The van der Waals surface area contributed by atoms with Crippen LogP contribution in [0.25, 0.3) is 0 Å². The van der Waals surface area contributed by atoms with Crippen LogP contribution in [0.15, 0.2) is 182 Å². The van der Waals surface area contributed by atoms with Crippen molar-refractivity contribution >= 4 is 0 Å². The van der Waals surface area contributed by atoms with Crippen LogP contribution in [-0.2, 0) is 12.8 Å². The molecule has 0 aliphatic carbocycles. The molecule has 6 N–H and O–H groups in total. The van der Waals surface area contributed by atoms with E-state index in [0.29, 0.717) is 0 Å². The highest BCUT2D eigenvalue weighted by molar-refractivity contribution is 5.16. The summed E-state index contributed by atoms with van der Waals surface area (Å²) in [5.74, 6) is 0. The number of rotatable bonds is 2. The maximum atomic E-state index is 7.00. The van der Waals surface area contributed by atoms with Gasteiger partial charge in [-0.05, 0) is 51.7 Å². The highest BCUT2D eigenvalue weighted by atomic mass is 16.2. The zero-order valence-electron chi connectivity index (χ0n) is 40.4. The Hall–Kier alpha value is -4.92. The Morgan fingerprint density at radius 1 is 0.233 bits per heavy atom. The molecule has 0 aromatic heterocycles. The maximum Gasteiger partial charge on any atom is 0.0319 e. The van der Waals surface area contributed by atoms with Crippen molar-refractivity contribution in [2.24, 2.45) is 0 Å².